The lowest BCUT2D eigenvalue weighted by Gasteiger charge is -2.17. The molecule has 0 fully saturated rings. The number of hydrogen-bond acceptors (Lipinski definition) is 3. The first kappa shape index (κ1) is 23.3. The van der Waals surface area contributed by atoms with Crippen LogP contribution in [-0.2, 0) is 0 Å². The van der Waals surface area contributed by atoms with E-state index in [1.54, 1.807) is 12.1 Å². The van der Waals surface area contributed by atoms with E-state index in [9.17, 15) is 4.79 Å². The predicted octanol–water partition coefficient (Wildman–Crippen LogP) is 8.85. The molecule has 0 N–H and O–H groups in total. The summed E-state index contributed by atoms with van der Waals surface area (Å²) in [7, 11) is 0. The molecule has 0 aliphatic heterocycles. The minimum absolute atomic E-state index is 0.337. The highest BCUT2D eigenvalue weighted by Crippen LogP contribution is 2.37. The van der Waals surface area contributed by atoms with Gasteiger partial charge < -0.3 is 9.47 Å². The van der Waals surface area contributed by atoms with Gasteiger partial charge in [-0.3, -0.25) is 0 Å². The summed E-state index contributed by atoms with van der Waals surface area (Å²) >= 11 is 0. The van der Waals surface area contributed by atoms with Crippen LogP contribution in [0.25, 0.3) is 22.3 Å². The molecule has 0 heterocycles. The minimum Gasteiger partial charge on any atom is -0.394 e. The lowest BCUT2D eigenvalue weighted by Crippen LogP contribution is -2.15. The van der Waals surface area contributed by atoms with Crippen molar-refractivity contribution in [3.05, 3.63) is 108 Å². The SMILES string of the molecule is CC(C)c1ccccc1-c1ccccc1OC(=O)Oc1ccccc1-c1ccccc1C(C)C. The normalized spacial score (nSPS) is 11.0. The Hall–Kier alpha value is -3.85. The molecule has 0 saturated heterocycles. The fraction of sp³-hybridized carbons (Fsp3) is 0.194. The van der Waals surface area contributed by atoms with Gasteiger partial charge in [0.25, 0.3) is 0 Å². The Bertz CT molecular complexity index is 1190. The van der Waals surface area contributed by atoms with Crippen molar-refractivity contribution >= 4 is 6.16 Å². The number of rotatable bonds is 6. The van der Waals surface area contributed by atoms with Crippen LogP contribution < -0.4 is 9.47 Å². The van der Waals surface area contributed by atoms with Crippen LogP contribution in [0.5, 0.6) is 11.5 Å². The Morgan fingerprint density at radius 2 is 0.824 bits per heavy atom. The number of hydrogen-bond donors (Lipinski definition) is 0. The van der Waals surface area contributed by atoms with Crippen molar-refractivity contribution < 1.29 is 14.3 Å². The van der Waals surface area contributed by atoms with Crippen molar-refractivity contribution in [1.29, 1.82) is 0 Å². The van der Waals surface area contributed by atoms with Gasteiger partial charge in [0.15, 0.2) is 0 Å². The molecular formula is C31H30O3. The quantitative estimate of drug-likeness (QED) is 0.217. The largest absolute Gasteiger partial charge is 0.519 e. The van der Waals surface area contributed by atoms with E-state index in [1.807, 2.05) is 60.7 Å². The summed E-state index contributed by atoms with van der Waals surface area (Å²) in [5.41, 5.74) is 6.22. The van der Waals surface area contributed by atoms with Crippen molar-refractivity contribution in [2.75, 3.05) is 0 Å². The zero-order valence-electron chi connectivity index (χ0n) is 20.1. The zero-order chi connectivity index (χ0) is 24.1. The maximum Gasteiger partial charge on any atom is 0.519 e. The van der Waals surface area contributed by atoms with Crippen LogP contribution in [0.15, 0.2) is 97.1 Å². The summed E-state index contributed by atoms with van der Waals surface area (Å²) < 4.78 is 11.5. The molecule has 3 heteroatoms. The first-order valence-corrected chi connectivity index (χ1v) is 11.7. The van der Waals surface area contributed by atoms with E-state index in [0.29, 0.717) is 23.3 Å². The van der Waals surface area contributed by atoms with Gasteiger partial charge in [0, 0.05) is 11.1 Å². The molecule has 0 atom stereocenters. The van der Waals surface area contributed by atoms with Crippen LogP contribution in [0, 0.1) is 0 Å². The van der Waals surface area contributed by atoms with Crippen LogP contribution in [0.4, 0.5) is 4.79 Å². The molecule has 172 valence electrons. The molecule has 0 saturated carbocycles. The third-order valence-corrected chi connectivity index (χ3v) is 5.91. The van der Waals surface area contributed by atoms with Crippen molar-refractivity contribution in [1.82, 2.24) is 0 Å². The second-order valence-corrected chi connectivity index (χ2v) is 8.93. The molecule has 0 bridgehead atoms. The van der Waals surface area contributed by atoms with Crippen LogP contribution >= 0.6 is 0 Å². The molecule has 0 aliphatic carbocycles. The number of carbonyl (C=O) groups excluding carboxylic acids is 1. The summed E-state index contributed by atoms with van der Waals surface area (Å²) in [6.07, 6.45) is -0.760. The summed E-state index contributed by atoms with van der Waals surface area (Å²) in [6.45, 7) is 8.62. The topological polar surface area (TPSA) is 35.5 Å². The van der Waals surface area contributed by atoms with Gasteiger partial charge in [-0.05, 0) is 46.2 Å². The van der Waals surface area contributed by atoms with Gasteiger partial charge in [-0.1, -0.05) is 113 Å². The van der Waals surface area contributed by atoms with Crippen LogP contribution in [0.1, 0.15) is 50.7 Å². The van der Waals surface area contributed by atoms with E-state index in [1.165, 1.54) is 11.1 Å². The lowest BCUT2D eigenvalue weighted by molar-refractivity contribution is 0.152. The van der Waals surface area contributed by atoms with Crippen LogP contribution in [-0.4, -0.2) is 6.16 Å². The van der Waals surface area contributed by atoms with Gasteiger partial charge in [0.2, 0.25) is 0 Å². The molecule has 0 aliphatic rings. The van der Waals surface area contributed by atoms with E-state index in [4.69, 9.17) is 9.47 Å². The fourth-order valence-corrected chi connectivity index (χ4v) is 4.25. The third kappa shape index (κ3) is 5.04. The Morgan fingerprint density at radius 3 is 1.21 bits per heavy atom. The highest BCUT2D eigenvalue weighted by Gasteiger charge is 2.18. The van der Waals surface area contributed by atoms with Gasteiger partial charge in [0.05, 0.1) is 0 Å². The zero-order valence-corrected chi connectivity index (χ0v) is 20.1. The van der Waals surface area contributed by atoms with Crippen LogP contribution in [0.3, 0.4) is 0 Å². The Kier molecular flexibility index (Phi) is 7.12. The second-order valence-electron chi connectivity index (χ2n) is 8.93. The Morgan fingerprint density at radius 1 is 0.500 bits per heavy atom. The maximum absolute atomic E-state index is 12.9. The summed E-state index contributed by atoms with van der Waals surface area (Å²) in [5.74, 6) is 1.62. The van der Waals surface area contributed by atoms with E-state index in [0.717, 1.165) is 22.3 Å². The number of benzene rings is 4. The molecule has 4 aromatic carbocycles. The average molecular weight is 451 g/mol. The molecule has 0 radical (unpaired) electrons. The van der Waals surface area contributed by atoms with Crippen molar-refractivity contribution in [2.24, 2.45) is 0 Å². The van der Waals surface area contributed by atoms with E-state index < -0.39 is 6.16 Å². The molecule has 0 unspecified atom stereocenters. The molecule has 3 nitrogen and oxygen atoms in total. The second kappa shape index (κ2) is 10.4. The van der Waals surface area contributed by atoms with Crippen LogP contribution in [0.2, 0.25) is 0 Å². The van der Waals surface area contributed by atoms with Gasteiger partial charge in [0.1, 0.15) is 11.5 Å². The van der Waals surface area contributed by atoms with Crippen molar-refractivity contribution in [2.45, 2.75) is 39.5 Å². The molecule has 0 aromatic heterocycles. The number of para-hydroxylation sites is 2. The monoisotopic (exact) mass is 450 g/mol. The van der Waals surface area contributed by atoms with E-state index >= 15 is 0 Å². The smallest absolute Gasteiger partial charge is 0.394 e. The highest BCUT2D eigenvalue weighted by molar-refractivity contribution is 5.80. The standard InChI is InChI=1S/C31H30O3/c1-21(2)23-13-5-7-15-25(23)27-17-9-11-19-29(27)33-31(32)34-30-20-12-10-18-28(30)26-16-8-6-14-24(26)22(3)4/h5-22H,1-4H3. The minimum atomic E-state index is -0.760. The third-order valence-electron chi connectivity index (χ3n) is 5.91. The van der Waals surface area contributed by atoms with Gasteiger partial charge >= 0.3 is 6.16 Å². The van der Waals surface area contributed by atoms with Crippen molar-refractivity contribution in [3.8, 4) is 33.8 Å². The van der Waals surface area contributed by atoms with Crippen molar-refractivity contribution in [3.63, 3.8) is 0 Å². The average Bonchev–Trinajstić information content (AvgIpc) is 2.84. The predicted molar refractivity (Wildman–Crippen MR) is 139 cm³/mol. The molecular weight excluding hydrogens is 420 g/mol. The molecule has 4 rings (SSSR count). The van der Waals surface area contributed by atoms with E-state index in [2.05, 4.69) is 52.0 Å². The number of ether oxygens (including phenoxy) is 2. The lowest BCUT2D eigenvalue weighted by atomic mass is 9.92. The fourth-order valence-electron chi connectivity index (χ4n) is 4.25. The van der Waals surface area contributed by atoms with Gasteiger partial charge in [-0.15, -0.1) is 0 Å². The molecule has 0 amide bonds. The summed E-state index contributed by atoms with van der Waals surface area (Å²) in [6, 6.07) is 31.5. The van der Waals surface area contributed by atoms with Gasteiger partial charge in [-0.25, -0.2) is 4.79 Å². The summed E-state index contributed by atoms with van der Waals surface area (Å²) in [4.78, 5) is 12.9. The van der Waals surface area contributed by atoms with Gasteiger partial charge in [-0.2, -0.15) is 0 Å². The molecule has 4 aromatic rings. The maximum atomic E-state index is 12.9. The summed E-state index contributed by atoms with van der Waals surface area (Å²) in [5, 5.41) is 0. The Labute approximate surface area is 202 Å². The first-order chi connectivity index (χ1) is 16.5. The van der Waals surface area contributed by atoms with E-state index in [-0.39, 0.29) is 0 Å². The number of carbonyl (C=O) groups is 1. The Balaban J connectivity index is 1.64. The highest BCUT2D eigenvalue weighted by atomic mass is 16.7. The first-order valence-electron chi connectivity index (χ1n) is 11.7. The molecule has 34 heavy (non-hydrogen) atoms. The molecule has 0 spiro atoms.